The Hall–Kier alpha value is -1.72. The fourth-order valence-corrected chi connectivity index (χ4v) is 2.90. The van der Waals surface area contributed by atoms with E-state index in [2.05, 4.69) is 51.7 Å². The van der Waals surface area contributed by atoms with Gasteiger partial charge in [0.05, 0.1) is 11.9 Å². The van der Waals surface area contributed by atoms with Gasteiger partial charge in [-0.3, -0.25) is 9.58 Å². The van der Waals surface area contributed by atoms with Crippen LogP contribution < -0.4 is 5.32 Å². The highest BCUT2D eigenvalue weighted by Gasteiger charge is 2.24. The maximum Gasteiger partial charge on any atom is 0.0738 e. The zero-order valence-electron chi connectivity index (χ0n) is 12.8. The number of aromatic nitrogens is 3. The smallest absolute Gasteiger partial charge is 0.0738 e. The average Bonchev–Trinajstić information content (AvgIpc) is 2.93. The normalized spacial score (nSPS) is 19.8. The molecule has 1 aromatic carbocycles. The Labute approximate surface area is 126 Å². The fraction of sp³-hybridized carbons (Fsp3) is 0.500. The number of benzene rings is 1. The van der Waals surface area contributed by atoms with Gasteiger partial charge >= 0.3 is 0 Å². The van der Waals surface area contributed by atoms with Crippen LogP contribution in [0.2, 0.25) is 0 Å². The van der Waals surface area contributed by atoms with Crippen molar-refractivity contribution in [1.29, 1.82) is 0 Å². The minimum atomic E-state index is 0.416. The number of nitrogens with one attached hydrogen (secondary N) is 1. The van der Waals surface area contributed by atoms with Gasteiger partial charge in [0, 0.05) is 39.3 Å². The number of rotatable bonds is 4. The van der Waals surface area contributed by atoms with Crippen LogP contribution >= 0.6 is 0 Å². The van der Waals surface area contributed by atoms with E-state index < -0.39 is 0 Å². The molecule has 0 aliphatic carbocycles. The molecule has 1 aliphatic heterocycles. The van der Waals surface area contributed by atoms with Crippen molar-refractivity contribution in [2.75, 3.05) is 19.6 Å². The molecule has 1 saturated heterocycles. The summed E-state index contributed by atoms with van der Waals surface area (Å²) in [6.45, 7) is 6.17. The molecule has 0 amide bonds. The maximum atomic E-state index is 4.03. The lowest BCUT2D eigenvalue weighted by molar-refractivity contribution is 0.150. The molecular formula is C16H23N5. The Bertz CT molecular complexity index is 575. The highest BCUT2D eigenvalue weighted by molar-refractivity contribution is 5.26. The van der Waals surface area contributed by atoms with E-state index in [-0.39, 0.29) is 0 Å². The number of hydrogen-bond donors (Lipinski definition) is 1. The largest absolute Gasteiger partial charge is 0.314 e. The van der Waals surface area contributed by atoms with Crippen molar-refractivity contribution >= 4 is 0 Å². The molecule has 1 aromatic heterocycles. The van der Waals surface area contributed by atoms with Gasteiger partial charge < -0.3 is 5.32 Å². The first kappa shape index (κ1) is 14.2. The van der Waals surface area contributed by atoms with E-state index in [1.165, 1.54) is 11.1 Å². The summed E-state index contributed by atoms with van der Waals surface area (Å²) in [4.78, 5) is 2.51. The Morgan fingerprint density at radius 1 is 1.29 bits per heavy atom. The van der Waals surface area contributed by atoms with E-state index in [4.69, 9.17) is 0 Å². The average molecular weight is 285 g/mol. The monoisotopic (exact) mass is 285 g/mol. The molecule has 112 valence electrons. The molecule has 0 radical (unpaired) electrons. The van der Waals surface area contributed by atoms with Crippen molar-refractivity contribution in [2.24, 2.45) is 7.05 Å². The van der Waals surface area contributed by atoms with Crippen LogP contribution in [-0.4, -0.2) is 39.5 Å². The van der Waals surface area contributed by atoms with Crippen LogP contribution in [0.4, 0.5) is 0 Å². The SMILES string of the molecule is CCc1ccc(C2CNCCN2Cc2cnnn2C)cc1. The van der Waals surface area contributed by atoms with Gasteiger partial charge in [-0.1, -0.05) is 36.4 Å². The summed E-state index contributed by atoms with van der Waals surface area (Å²) < 4.78 is 1.86. The first-order valence-corrected chi connectivity index (χ1v) is 7.65. The van der Waals surface area contributed by atoms with Crippen molar-refractivity contribution in [3.63, 3.8) is 0 Å². The van der Waals surface area contributed by atoms with Gasteiger partial charge in [-0.2, -0.15) is 0 Å². The molecule has 1 aliphatic rings. The van der Waals surface area contributed by atoms with Crippen LogP contribution in [0.1, 0.15) is 29.8 Å². The Balaban J connectivity index is 1.78. The zero-order valence-corrected chi connectivity index (χ0v) is 12.8. The lowest BCUT2D eigenvalue weighted by Gasteiger charge is -2.36. The van der Waals surface area contributed by atoms with E-state index in [0.717, 1.165) is 38.3 Å². The Morgan fingerprint density at radius 3 is 2.76 bits per heavy atom. The second-order valence-electron chi connectivity index (χ2n) is 5.63. The predicted octanol–water partition coefficient (Wildman–Crippen LogP) is 1.52. The molecule has 21 heavy (non-hydrogen) atoms. The van der Waals surface area contributed by atoms with Gasteiger partial charge in [0.2, 0.25) is 0 Å². The van der Waals surface area contributed by atoms with Gasteiger partial charge in [-0.25, -0.2) is 0 Å². The molecule has 0 saturated carbocycles. The number of aryl methyl sites for hydroxylation is 2. The second kappa shape index (κ2) is 6.37. The lowest BCUT2D eigenvalue weighted by atomic mass is 10.0. The molecule has 2 heterocycles. The number of piperazine rings is 1. The van der Waals surface area contributed by atoms with E-state index in [1.807, 2.05) is 17.9 Å². The fourth-order valence-electron chi connectivity index (χ4n) is 2.90. The Morgan fingerprint density at radius 2 is 2.10 bits per heavy atom. The third-order valence-corrected chi connectivity index (χ3v) is 4.30. The van der Waals surface area contributed by atoms with Crippen molar-refractivity contribution in [1.82, 2.24) is 25.2 Å². The minimum Gasteiger partial charge on any atom is -0.314 e. The van der Waals surface area contributed by atoms with Gasteiger partial charge in [-0.15, -0.1) is 5.10 Å². The molecule has 2 aromatic rings. The van der Waals surface area contributed by atoms with Crippen LogP contribution in [0.3, 0.4) is 0 Å². The van der Waals surface area contributed by atoms with Gasteiger partial charge in [0.25, 0.3) is 0 Å². The van der Waals surface area contributed by atoms with Crippen LogP contribution in [0.15, 0.2) is 30.5 Å². The zero-order chi connectivity index (χ0) is 14.7. The van der Waals surface area contributed by atoms with Crippen LogP contribution in [0.5, 0.6) is 0 Å². The van der Waals surface area contributed by atoms with Gasteiger partial charge in [0.15, 0.2) is 0 Å². The third-order valence-electron chi connectivity index (χ3n) is 4.30. The summed E-state index contributed by atoms with van der Waals surface area (Å²) in [5.41, 5.74) is 3.94. The highest BCUT2D eigenvalue weighted by Crippen LogP contribution is 2.24. The first-order chi connectivity index (χ1) is 10.3. The maximum absolute atomic E-state index is 4.03. The third kappa shape index (κ3) is 3.14. The molecule has 5 heteroatoms. The second-order valence-corrected chi connectivity index (χ2v) is 5.63. The first-order valence-electron chi connectivity index (χ1n) is 7.65. The van der Waals surface area contributed by atoms with Crippen LogP contribution in [0, 0.1) is 0 Å². The quantitative estimate of drug-likeness (QED) is 0.925. The molecule has 1 fully saturated rings. The van der Waals surface area contributed by atoms with Crippen molar-refractivity contribution < 1.29 is 0 Å². The standard InChI is InChI=1S/C16H23N5/c1-3-13-4-6-14(7-5-13)16-11-17-8-9-21(16)12-15-10-18-19-20(15)2/h4-7,10,16-17H,3,8-9,11-12H2,1-2H3. The van der Waals surface area contributed by atoms with Crippen LogP contribution in [-0.2, 0) is 20.0 Å². The summed E-state index contributed by atoms with van der Waals surface area (Å²) in [5, 5.41) is 11.5. The highest BCUT2D eigenvalue weighted by atomic mass is 15.4. The number of hydrogen-bond acceptors (Lipinski definition) is 4. The van der Waals surface area contributed by atoms with E-state index in [9.17, 15) is 0 Å². The van der Waals surface area contributed by atoms with Crippen LogP contribution in [0.25, 0.3) is 0 Å². The summed E-state index contributed by atoms with van der Waals surface area (Å²) in [6, 6.07) is 9.44. The molecule has 1 unspecified atom stereocenters. The van der Waals surface area contributed by atoms with Crippen molar-refractivity contribution in [2.45, 2.75) is 25.9 Å². The molecule has 1 N–H and O–H groups in total. The van der Waals surface area contributed by atoms with Gasteiger partial charge in [-0.05, 0) is 17.5 Å². The minimum absolute atomic E-state index is 0.416. The Kier molecular flexibility index (Phi) is 4.31. The molecule has 5 nitrogen and oxygen atoms in total. The van der Waals surface area contributed by atoms with Gasteiger partial charge in [0.1, 0.15) is 0 Å². The lowest BCUT2D eigenvalue weighted by Crippen LogP contribution is -2.45. The van der Waals surface area contributed by atoms with E-state index in [0.29, 0.717) is 6.04 Å². The predicted molar refractivity (Wildman–Crippen MR) is 82.8 cm³/mol. The molecular weight excluding hydrogens is 262 g/mol. The summed E-state index contributed by atoms with van der Waals surface area (Å²) in [7, 11) is 1.95. The summed E-state index contributed by atoms with van der Waals surface area (Å²) >= 11 is 0. The molecule has 0 spiro atoms. The molecule has 0 bridgehead atoms. The summed E-state index contributed by atoms with van der Waals surface area (Å²) in [5.74, 6) is 0. The molecule has 1 atom stereocenters. The number of nitrogens with zero attached hydrogens (tertiary/aromatic N) is 4. The van der Waals surface area contributed by atoms with E-state index >= 15 is 0 Å². The topological polar surface area (TPSA) is 46.0 Å². The van der Waals surface area contributed by atoms with E-state index in [1.54, 1.807) is 0 Å². The molecule has 3 rings (SSSR count). The summed E-state index contributed by atoms with van der Waals surface area (Å²) in [6.07, 6.45) is 2.95. The van der Waals surface area contributed by atoms with Crippen molar-refractivity contribution in [3.8, 4) is 0 Å². The van der Waals surface area contributed by atoms with Crippen molar-refractivity contribution in [3.05, 3.63) is 47.3 Å².